The average molecular weight is 434 g/mol. The van der Waals surface area contributed by atoms with E-state index in [0.29, 0.717) is 10.6 Å². The van der Waals surface area contributed by atoms with Gasteiger partial charge in [-0.3, -0.25) is 4.79 Å². The van der Waals surface area contributed by atoms with Crippen LogP contribution in [0.1, 0.15) is 53.4 Å². The minimum Gasteiger partial charge on any atom is -0.462 e. The number of rotatable bonds is 6. The molecule has 0 radical (unpaired) electrons. The first-order valence-corrected chi connectivity index (χ1v) is 12.1. The van der Waals surface area contributed by atoms with Crippen molar-refractivity contribution in [2.45, 2.75) is 55.1 Å². The molecule has 1 aromatic carbocycles. The topological polar surface area (TPSA) is 89.5 Å². The van der Waals surface area contributed by atoms with Crippen molar-refractivity contribution in [3.8, 4) is 0 Å². The number of esters is 1. The molecule has 8 heteroatoms. The highest BCUT2D eigenvalue weighted by Gasteiger charge is 2.61. The molecule has 4 rings (SSSR count). The average Bonchev–Trinajstić information content (AvgIpc) is 3.46. The van der Waals surface area contributed by atoms with Gasteiger partial charge in [-0.25, -0.2) is 13.2 Å². The zero-order valence-corrected chi connectivity index (χ0v) is 17.8. The second-order valence-electron chi connectivity index (χ2n) is 7.40. The summed E-state index contributed by atoms with van der Waals surface area (Å²) in [7, 11) is -3.82. The lowest BCUT2D eigenvalue weighted by Gasteiger charge is -2.16. The molecule has 1 saturated carbocycles. The molecule has 2 aromatic rings. The summed E-state index contributed by atoms with van der Waals surface area (Å²) in [6.45, 7) is 1.98. The molecule has 0 unspecified atom stereocenters. The lowest BCUT2D eigenvalue weighted by Crippen LogP contribution is -2.37. The van der Waals surface area contributed by atoms with E-state index in [-0.39, 0.29) is 24.3 Å². The molecule has 1 fully saturated rings. The Kier molecular flexibility index (Phi) is 5.25. The Morgan fingerprint density at radius 1 is 1.14 bits per heavy atom. The number of aryl methyl sites for hydroxylation is 1. The third-order valence-corrected chi connectivity index (χ3v) is 9.29. The molecule has 1 heterocycles. The number of hydrogen-bond donors (Lipinski definition) is 1. The van der Waals surface area contributed by atoms with Crippen molar-refractivity contribution in [3.05, 3.63) is 46.3 Å². The Morgan fingerprint density at radius 3 is 2.48 bits per heavy atom. The third kappa shape index (κ3) is 3.38. The molecule has 0 bridgehead atoms. The lowest BCUT2D eigenvalue weighted by atomic mass is 9.95. The summed E-state index contributed by atoms with van der Waals surface area (Å²) in [5.41, 5.74) is 1.33. The minimum absolute atomic E-state index is 0.142. The Morgan fingerprint density at radius 2 is 1.83 bits per heavy atom. The van der Waals surface area contributed by atoms with Gasteiger partial charge in [0.2, 0.25) is 5.91 Å². The van der Waals surface area contributed by atoms with Crippen molar-refractivity contribution in [1.82, 2.24) is 0 Å². The van der Waals surface area contributed by atoms with Gasteiger partial charge in [0.1, 0.15) is 5.00 Å². The predicted octanol–water partition coefficient (Wildman–Crippen LogP) is 3.75. The van der Waals surface area contributed by atoms with E-state index >= 15 is 0 Å². The SMILES string of the molecule is CCOC(=O)c1c(NC(=O)C2(S(=O)(=O)c3ccccc3)CC2)sc2c1CCCC2. The number of benzene rings is 1. The highest BCUT2D eigenvalue weighted by atomic mass is 32.2. The number of carbonyl (C=O) groups excluding carboxylic acids is 2. The Bertz CT molecular complexity index is 1050. The summed E-state index contributed by atoms with van der Waals surface area (Å²) >= 11 is 1.37. The zero-order valence-electron chi connectivity index (χ0n) is 16.2. The smallest absolute Gasteiger partial charge is 0.341 e. The lowest BCUT2D eigenvalue weighted by molar-refractivity contribution is -0.116. The molecule has 2 aliphatic carbocycles. The molecular formula is C21H23NO5S2. The van der Waals surface area contributed by atoms with E-state index in [1.54, 1.807) is 25.1 Å². The van der Waals surface area contributed by atoms with Gasteiger partial charge in [0.05, 0.1) is 17.1 Å². The van der Waals surface area contributed by atoms with Gasteiger partial charge in [-0.2, -0.15) is 0 Å². The first-order valence-electron chi connectivity index (χ1n) is 9.83. The summed E-state index contributed by atoms with van der Waals surface area (Å²) in [6, 6.07) is 8.05. The van der Waals surface area contributed by atoms with Crippen LogP contribution in [0.4, 0.5) is 5.00 Å². The largest absolute Gasteiger partial charge is 0.462 e. The van der Waals surface area contributed by atoms with Crippen LogP contribution in [-0.2, 0) is 32.2 Å². The van der Waals surface area contributed by atoms with Crippen LogP contribution in [0.25, 0.3) is 0 Å². The van der Waals surface area contributed by atoms with Crippen LogP contribution in [0.3, 0.4) is 0 Å². The molecule has 1 amide bonds. The highest BCUT2D eigenvalue weighted by Crippen LogP contribution is 2.48. The summed E-state index contributed by atoms with van der Waals surface area (Å²) in [4.78, 5) is 26.9. The maximum atomic E-state index is 13.1. The molecule has 0 saturated heterocycles. The molecule has 1 aromatic heterocycles. The molecule has 154 valence electrons. The molecule has 0 atom stereocenters. The number of amides is 1. The Labute approximate surface area is 174 Å². The maximum Gasteiger partial charge on any atom is 0.341 e. The molecule has 29 heavy (non-hydrogen) atoms. The van der Waals surface area contributed by atoms with Gasteiger partial charge in [-0.05, 0) is 63.1 Å². The van der Waals surface area contributed by atoms with Crippen molar-refractivity contribution >= 4 is 38.1 Å². The van der Waals surface area contributed by atoms with Gasteiger partial charge in [0, 0.05) is 4.88 Å². The van der Waals surface area contributed by atoms with Crippen molar-refractivity contribution in [2.75, 3.05) is 11.9 Å². The van der Waals surface area contributed by atoms with Gasteiger partial charge < -0.3 is 10.1 Å². The number of ether oxygens (including phenoxy) is 1. The summed E-state index contributed by atoms with van der Waals surface area (Å²) in [6.07, 6.45) is 4.19. The number of anilines is 1. The highest BCUT2D eigenvalue weighted by molar-refractivity contribution is 7.94. The molecule has 0 spiro atoms. The number of carbonyl (C=O) groups is 2. The summed E-state index contributed by atoms with van der Waals surface area (Å²) < 4.78 is 30.0. The fourth-order valence-corrected chi connectivity index (χ4v) is 7.02. The van der Waals surface area contributed by atoms with E-state index < -0.39 is 26.5 Å². The van der Waals surface area contributed by atoms with Crippen LogP contribution < -0.4 is 5.32 Å². The quantitative estimate of drug-likeness (QED) is 0.701. The second-order valence-corrected chi connectivity index (χ2v) is 10.8. The standard InChI is InChI=1S/C21H23NO5S2/c1-2-27-19(23)17-15-10-6-7-11-16(15)28-18(17)22-20(24)21(12-13-21)29(25,26)14-8-4-3-5-9-14/h3-5,8-9H,2,6-7,10-13H2,1H3,(H,22,24). The van der Waals surface area contributed by atoms with Gasteiger partial charge in [-0.15, -0.1) is 11.3 Å². The molecule has 6 nitrogen and oxygen atoms in total. The summed E-state index contributed by atoms with van der Waals surface area (Å²) in [5.74, 6) is -1.02. The number of thiophene rings is 1. The van der Waals surface area contributed by atoms with E-state index in [1.165, 1.54) is 23.5 Å². The number of hydrogen-bond acceptors (Lipinski definition) is 6. The third-order valence-electron chi connectivity index (χ3n) is 5.56. The van der Waals surface area contributed by atoms with Crippen LogP contribution in [0.15, 0.2) is 35.2 Å². The maximum absolute atomic E-state index is 13.1. The zero-order chi connectivity index (χ0) is 20.6. The van der Waals surface area contributed by atoms with Gasteiger partial charge in [-0.1, -0.05) is 18.2 Å². The van der Waals surface area contributed by atoms with Crippen molar-refractivity contribution in [1.29, 1.82) is 0 Å². The monoisotopic (exact) mass is 433 g/mol. The predicted molar refractivity (Wildman–Crippen MR) is 111 cm³/mol. The van der Waals surface area contributed by atoms with Crippen LogP contribution in [-0.4, -0.2) is 31.6 Å². The van der Waals surface area contributed by atoms with E-state index in [4.69, 9.17) is 4.74 Å². The number of fused-ring (bicyclic) bond motifs is 1. The van der Waals surface area contributed by atoms with E-state index in [0.717, 1.165) is 36.1 Å². The normalized spacial score (nSPS) is 17.3. The Hall–Kier alpha value is -2.19. The van der Waals surface area contributed by atoms with Crippen LogP contribution >= 0.6 is 11.3 Å². The van der Waals surface area contributed by atoms with Crippen LogP contribution in [0, 0.1) is 0 Å². The summed E-state index contributed by atoms with van der Waals surface area (Å²) in [5, 5.41) is 3.20. The van der Waals surface area contributed by atoms with Gasteiger partial charge in [0.15, 0.2) is 14.6 Å². The van der Waals surface area contributed by atoms with Crippen molar-refractivity contribution < 1.29 is 22.7 Å². The van der Waals surface area contributed by atoms with E-state index in [9.17, 15) is 18.0 Å². The minimum atomic E-state index is -3.82. The van der Waals surface area contributed by atoms with Crippen LogP contribution in [0.2, 0.25) is 0 Å². The molecule has 0 aliphatic heterocycles. The first kappa shape index (κ1) is 20.1. The van der Waals surface area contributed by atoms with E-state index in [1.807, 2.05) is 0 Å². The second kappa shape index (κ2) is 7.57. The Balaban J connectivity index is 1.67. The van der Waals surface area contributed by atoms with Crippen LogP contribution in [0.5, 0.6) is 0 Å². The molecular weight excluding hydrogens is 410 g/mol. The van der Waals surface area contributed by atoms with Gasteiger partial charge in [0.25, 0.3) is 0 Å². The van der Waals surface area contributed by atoms with E-state index in [2.05, 4.69) is 5.32 Å². The fourth-order valence-electron chi connectivity index (χ4n) is 3.85. The van der Waals surface area contributed by atoms with Gasteiger partial charge >= 0.3 is 5.97 Å². The van der Waals surface area contributed by atoms with Crippen molar-refractivity contribution in [3.63, 3.8) is 0 Å². The number of nitrogens with one attached hydrogen (secondary N) is 1. The first-order chi connectivity index (χ1) is 13.9. The molecule has 1 N–H and O–H groups in total. The van der Waals surface area contributed by atoms with Crippen molar-refractivity contribution in [2.24, 2.45) is 0 Å². The molecule has 2 aliphatic rings. The fraction of sp³-hybridized carbons (Fsp3) is 0.429. The number of sulfone groups is 1.